The van der Waals surface area contributed by atoms with E-state index in [4.69, 9.17) is 0 Å². The summed E-state index contributed by atoms with van der Waals surface area (Å²) >= 11 is 0. The van der Waals surface area contributed by atoms with Gasteiger partial charge in [-0.3, -0.25) is 14.9 Å². The molecule has 0 atom stereocenters. The molecule has 0 bridgehead atoms. The Kier molecular flexibility index (Phi) is 2.93. The fraction of sp³-hybridized carbons (Fsp3) is 0.125. The Morgan fingerprint density at radius 1 is 1.47 bits per heavy atom. The number of halogens is 2. The second-order valence-electron chi connectivity index (χ2n) is 2.72. The van der Waals surface area contributed by atoms with E-state index in [9.17, 15) is 23.7 Å². The van der Waals surface area contributed by atoms with Crippen LogP contribution in [0.3, 0.4) is 0 Å². The zero-order chi connectivity index (χ0) is 11.6. The highest BCUT2D eigenvalue weighted by Crippen LogP contribution is 2.28. The third kappa shape index (κ3) is 2.46. The highest BCUT2D eigenvalue weighted by Gasteiger charge is 2.21. The summed E-state index contributed by atoms with van der Waals surface area (Å²) in [6.07, 6.45) is 0. The molecule has 1 rings (SSSR count). The molecule has 80 valence electrons. The number of amides is 1. The topological polar surface area (TPSA) is 72.2 Å². The Morgan fingerprint density at radius 3 is 2.53 bits per heavy atom. The third-order valence-electron chi connectivity index (χ3n) is 1.53. The van der Waals surface area contributed by atoms with E-state index in [0.29, 0.717) is 12.1 Å². The molecule has 0 heterocycles. The molecule has 1 N–H and O–H groups in total. The van der Waals surface area contributed by atoms with Crippen molar-refractivity contribution in [3.8, 4) is 0 Å². The molecule has 0 unspecified atom stereocenters. The van der Waals surface area contributed by atoms with E-state index in [1.165, 1.54) is 0 Å². The molecular weight excluding hydrogens is 210 g/mol. The summed E-state index contributed by atoms with van der Waals surface area (Å²) in [5.41, 5.74) is -1.45. The molecule has 0 aliphatic heterocycles. The Bertz CT molecular complexity index is 434. The molecule has 0 radical (unpaired) electrons. The molecule has 0 spiro atoms. The minimum absolute atomic E-state index is 0.457. The van der Waals surface area contributed by atoms with Crippen molar-refractivity contribution in [2.45, 2.75) is 6.92 Å². The second kappa shape index (κ2) is 3.99. The standard InChI is InChI=1S/C8H6F2N2O3/c1-4(13)11-8-6(10)2-5(9)3-7(8)12(14)15/h2-3H,1H3,(H,11,13). The van der Waals surface area contributed by atoms with Gasteiger partial charge in [-0.25, -0.2) is 8.78 Å². The number of hydrogen-bond donors (Lipinski definition) is 1. The van der Waals surface area contributed by atoms with Crippen molar-refractivity contribution in [1.29, 1.82) is 0 Å². The van der Waals surface area contributed by atoms with E-state index >= 15 is 0 Å². The van der Waals surface area contributed by atoms with Crippen LogP contribution in [0.5, 0.6) is 0 Å². The van der Waals surface area contributed by atoms with Crippen LogP contribution in [-0.4, -0.2) is 10.8 Å². The van der Waals surface area contributed by atoms with Gasteiger partial charge in [-0.2, -0.15) is 0 Å². The van der Waals surface area contributed by atoms with E-state index in [-0.39, 0.29) is 0 Å². The van der Waals surface area contributed by atoms with Gasteiger partial charge in [0.2, 0.25) is 5.91 Å². The summed E-state index contributed by atoms with van der Waals surface area (Å²) in [7, 11) is 0. The largest absolute Gasteiger partial charge is 0.318 e. The normalized spacial score (nSPS) is 9.80. The number of benzene rings is 1. The van der Waals surface area contributed by atoms with Crippen molar-refractivity contribution < 1.29 is 18.5 Å². The summed E-state index contributed by atoms with van der Waals surface area (Å²) < 4.78 is 25.7. The number of rotatable bonds is 2. The summed E-state index contributed by atoms with van der Waals surface area (Å²) in [5, 5.41) is 12.4. The molecule has 0 aliphatic rings. The molecule has 0 saturated heterocycles. The van der Waals surface area contributed by atoms with Crippen LogP contribution in [0.4, 0.5) is 20.2 Å². The summed E-state index contributed by atoms with van der Waals surface area (Å²) in [5.74, 6) is -2.94. The van der Waals surface area contributed by atoms with Crippen LogP contribution in [0.25, 0.3) is 0 Å². The van der Waals surface area contributed by atoms with E-state index in [1.54, 1.807) is 0 Å². The molecule has 0 saturated carbocycles. The van der Waals surface area contributed by atoms with Gasteiger partial charge >= 0.3 is 0 Å². The number of carbonyl (C=O) groups is 1. The summed E-state index contributed by atoms with van der Waals surface area (Å²) in [6, 6.07) is 0.993. The fourth-order valence-corrected chi connectivity index (χ4v) is 1.00. The third-order valence-corrected chi connectivity index (χ3v) is 1.53. The SMILES string of the molecule is CC(=O)Nc1c(F)cc(F)cc1[N+](=O)[O-]. The Hall–Kier alpha value is -2.05. The smallest absolute Gasteiger partial charge is 0.298 e. The van der Waals surface area contributed by atoms with Gasteiger partial charge in [0, 0.05) is 13.0 Å². The number of carbonyl (C=O) groups excluding carboxylic acids is 1. The first kappa shape index (κ1) is 11.0. The highest BCUT2D eigenvalue weighted by molar-refractivity contribution is 5.91. The van der Waals surface area contributed by atoms with Crippen LogP contribution in [0.2, 0.25) is 0 Å². The number of nitrogens with zero attached hydrogens (tertiary/aromatic N) is 1. The molecule has 1 amide bonds. The lowest BCUT2D eigenvalue weighted by Gasteiger charge is -2.04. The average molecular weight is 216 g/mol. The minimum atomic E-state index is -1.18. The first-order chi connectivity index (χ1) is 6.91. The van der Waals surface area contributed by atoms with E-state index in [2.05, 4.69) is 0 Å². The number of nitro benzene ring substituents is 1. The Balaban J connectivity index is 3.33. The van der Waals surface area contributed by atoms with Crippen LogP contribution in [0.15, 0.2) is 12.1 Å². The van der Waals surface area contributed by atoms with Crippen molar-refractivity contribution in [2.24, 2.45) is 0 Å². The van der Waals surface area contributed by atoms with Crippen molar-refractivity contribution in [1.82, 2.24) is 0 Å². The molecule has 1 aromatic rings. The number of hydrogen-bond acceptors (Lipinski definition) is 3. The van der Waals surface area contributed by atoms with Gasteiger partial charge in [0.15, 0.2) is 11.5 Å². The molecule has 1 aromatic carbocycles. The van der Waals surface area contributed by atoms with E-state index in [1.807, 2.05) is 5.32 Å². The summed E-state index contributed by atoms with van der Waals surface area (Å²) in [4.78, 5) is 20.1. The molecule has 15 heavy (non-hydrogen) atoms. The molecule has 7 heteroatoms. The Labute approximate surface area is 82.9 Å². The zero-order valence-corrected chi connectivity index (χ0v) is 7.58. The zero-order valence-electron chi connectivity index (χ0n) is 7.58. The lowest BCUT2D eigenvalue weighted by atomic mass is 10.2. The molecular formula is C8H6F2N2O3. The van der Waals surface area contributed by atoms with Crippen LogP contribution >= 0.6 is 0 Å². The maximum absolute atomic E-state index is 13.1. The van der Waals surface area contributed by atoms with Gasteiger partial charge in [0.05, 0.1) is 11.0 Å². The van der Waals surface area contributed by atoms with Crippen molar-refractivity contribution in [2.75, 3.05) is 5.32 Å². The van der Waals surface area contributed by atoms with Crippen LogP contribution in [0, 0.1) is 21.7 Å². The van der Waals surface area contributed by atoms with Gasteiger partial charge in [-0.05, 0) is 0 Å². The van der Waals surface area contributed by atoms with Gasteiger partial charge in [-0.15, -0.1) is 0 Å². The van der Waals surface area contributed by atoms with Crippen LogP contribution < -0.4 is 5.32 Å². The number of anilines is 1. The maximum atomic E-state index is 13.1. The lowest BCUT2D eigenvalue weighted by Crippen LogP contribution is -2.10. The molecule has 0 aromatic heterocycles. The molecule has 5 nitrogen and oxygen atoms in total. The highest BCUT2D eigenvalue weighted by atomic mass is 19.1. The molecule has 0 aliphatic carbocycles. The minimum Gasteiger partial charge on any atom is -0.318 e. The Morgan fingerprint density at radius 2 is 2.07 bits per heavy atom. The van der Waals surface area contributed by atoms with E-state index in [0.717, 1.165) is 6.92 Å². The van der Waals surface area contributed by atoms with Crippen molar-refractivity contribution in [3.63, 3.8) is 0 Å². The van der Waals surface area contributed by atoms with Crippen LogP contribution in [-0.2, 0) is 4.79 Å². The average Bonchev–Trinajstić information content (AvgIpc) is 2.08. The number of nitrogens with one attached hydrogen (secondary N) is 1. The molecule has 0 fully saturated rings. The summed E-state index contributed by atoms with van der Waals surface area (Å²) in [6.45, 7) is 1.06. The van der Waals surface area contributed by atoms with Gasteiger partial charge in [-0.1, -0.05) is 0 Å². The quantitative estimate of drug-likeness (QED) is 0.605. The van der Waals surface area contributed by atoms with Crippen molar-refractivity contribution in [3.05, 3.63) is 33.9 Å². The van der Waals surface area contributed by atoms with Crippen molar-refractivity contribution >= 4 is 17.3 Å². The van der Waals surface area contributed by atoms with E-state index < -0.39 is 33.8 Å². The van der Waals surface area contributed by atoms with Gasteiger partial charge in [0.25, 0.3) is 5.69 Å². The predicted molar refractivity (Wildman–Crippen MR) is 47.3 cm³/mol. The number of nitro groups is 1. The monoisotopic (exact) mass is 216 g/mol. The van der Waals surface area contributed by atoms with Gasteiger partial charge in [0.1, 0.15) is 5.82 Å². The second-order valence-corrected chi connectivity index (χ2v) is 2.72. The van der Waals surface area contributed by atoms with Crippen LogP contribution in [0.1, 0.15) is 6.92 Å². The fourth-order valence-electron chi connectivity index (χ4n) is 1.00. The van der Waals surface area contributed by atoms with Gasteiger partial charge < -0.3 is 5.32 Å². The maximum Gasteiger partial charge on any atom is 0.298 e. The predicted octanol–water partition coefficient (Wildman–Crippen LogP) is 1.83. The first-order valence-corrected chi connectivity index (χ1v) is 3.83. The first-order valence-electron chi connectivity index (χ1n) is 3.83. The lowest BCUT2D eigenvalue weighted by molar-refractivity contribution is -0.384.